The highest BCUT2D eigenvalue weighted by molar-refractivity contribution is 7.89. The van der Waals surface area contributed by atoms with Crippen molar-refractivity contribution in [3.05, 3.63) is 36.0 Å². The number of benzene rings is 1. The van der Waals surface area contributed by atoms with Crippen LogP contribution in [0.3, 0.4) is 0 Å². The van der Waals surface area contributed by atoms with Crippen LogP contribution >= 0.6 is 0 Å². The Balaban J connectivity index is 2.12. The molecule has 7 nitrogen and oxygen atoms in total. The molecule has 3 N–H and O–H groups in total. The van der Waals surface area contributed by atoms with Gasteiger partial charge in [-0.15, -0.1) is 0 Å². The summed E-state index contributed by atoms with van der Waals surface area (Å²) in [5, 5.41) is 17.0. The third-order valence-electron chi connectivity index (χ3n) is 4.24. The Kier molecular flexibility index (Phi) is 6.17. The van der Waals surface area contributed by atoms with Gasteiger partial charge in [0.05, 0.1) is 4.90 Å². The zero-order valence-electron chi connectivity index (χ0n) is 14.1. The predicted octanol–water partition coefficient (Wildman–Crippen LogP) is 1.94. The number of nitrogens with one attached hydrogen (secondary N) is 1. The first-order valence-corrected chi connectivity index (χ1v) is 9.71. The molecule has 1 unspecified atom stereocenters. The zero-order valence-corrected chi connectivity index (χ0v) is 14.9. The third kappa shape index (κ3) is 5.05. The van der Waals surface area contributed by atoms with Crippen molar-refractivity contribution < 1.29 is 13.2 Å². The number of sulfonamides is 1. The van der Waals surface area contributed by atoms with Gasteiger partial charge >= 0.3 is 0 Å². The van der Waals surface area contributed by atoms with E-state index in [0.29, 0.717) is 11.7 Å². The van der Waals surface area contributed by atoms with Gasteiger partial charge in [-0.05, 0) is 49.9 Å². The van der Waals surface area contributed by atoms with Crippen LogP contribution in [-0.2, 0) is 14.8 Å². The summed E-state index contributed by atoms with van der Waals surface area (Å²) in [4.78, 5) is 14.3. The number of hydrogen-bond acceptors (Lipinski definition) is 5. The smallest absolute Gasteiger partial charge is 0.267 e. The van der Waals surface area contributed by atoms with E-state index in [1.807, 2.05) is 6.07 Å². The Hall–Kier alpha value is -2.37. The molecule has 0 aliphatic carbocycles. The molecule has 1 heterocycles. The van der Waals surface area contributed by atoms with Crippen LogP contribution < -0.4 is 10.5 Å². The second-order valence-electron chi connectivity index (χ2n) is 5.97. The van der Waals surface area contributed by atoms with Crippen molar-refractivity contribution >= 4 is 21.6 Å². The van der Waals surface area contributed by atoms with E-state index in [1.54, 1.807) is 6.20 Å². The fourth-order valence-corrected chi connectivity index (χ4v) is 3.38. The number of primary sulfonamides is 1. The number of anilines is 1. The summed E-state index contributed by atoms with van der Waals surface area (Å²) in [6.07, 6.45) is 5.85. The molecule has 0 radical (unpaired) electrons. The second-order valence-corrected chi connectivity index (χ2v) is 7.54. The van der Waals surface area contributed by atoms with E-state index in [4.69, 9.17) is 5.14 Å². The van der Waals surface area contributed by atoms with Crippen molar-refractivity contribution in [3.8, 4) is 6.07 Å². The fraction of sp³-hybridized carbons (Fsp3) is 0.412. The lowest BCUT2D eigenvalue weighted by Gasteiger charge is -2.34. The lowest BCUT2D eigenvalue weighted by molar-refractivity contribution is -0.112. The maximum Gasteiger partial charge on any atom is 0.267 e. The molecule has 8 heteroatoms. The van der Waals surface area contributed by atoms with Gasteiger partial charge in [0.2, 0.25) is 10.0 Å². The molecular formula is C17H22N4O3S. The van der Waals surface area contributed by atoms with Gasteiger partial charge in [-0.1, -0.05) is 6.92 Å². The van der Waals surface area contributed by atoms with Gasteiger partial charge in [0.25, 0.3) is 5.91 Å². The zero-order chi connectivity index (χ0) is 18.4. The molecule has 25 heavy (non-hydrogen) atoms. The second kappa shape index (κ2) is 8.14. The number of nitriles is 1. The van der Waals surface area contributed by atoms with Crippen molar-refractivity contribution in [3.63, 3.8) is 0 Å². The number of amides is 1. The highest BCUT2D eigenvalue weighted by Crippen LogP contribution is 2.21. The molecule has 1 aromatic carbocycles. The molecule has 0 saturated carbocycles. The van der Waals surface area contributed by atoms with E-state index in [0.717, 1.165) is 32.2 Å². The largest absolute Gasteiger partial charge is 0.373 e. The normalized spacial score (nSPS) is 18.5. The van der Waals surface area contributed by atoms with Gasteiger partial charge in [-0.25, -0.2) is 13.6 Å². The number of carbonyl (C=O) groups excluding carboxylic acids is 1. The van der Waals surface area contributed by atoms with E-state index in [-0.39, 0.29) is 10.5 Å². The minimum atomic E-state index is -3.78. The monoisotopic (exact) mass is 362 g/mol. The average molecular weight is 362 g/mol. The number of piperidine rings is 1. The van der Waals surface area contributed by atoms with Crippen LogP contribution in [0.5, 0.6) is 0 Å². The van der Waals surface area contributed by atoms with Crippen LogP contribution in [0.4, 0.5) is 5.69 Å². The number of likely N-dealkylation sites (tertiary alicyclic amines) is 1. The minimum absolute atomic E-state index is 0.0240. The Morgan fingerprint density at radius 2 is 2.08 bits per heavy atom. The summed E-state index contributed by atoms with van der Waals surface area (Å²) >= 11 is 0. The molecular weight excluding hydrogens is 340 g/mol. The Labute approximate surface area is 148 Å². The molecule has 0 aromatic heterocycles. The van der Waals surface area contributed by atoms with Gasteiger partial charge < -0.3 is 10.2 Å². The number of nitrogens with two attached hydrogens (primary N) is 1. The van der Waals surface area contributed by atoms with Crippen molar-refractivity contribution in [1.82, 2.24) is 4.90 Å². The highest BCUT2D eigenvalue weighted by Gasteiger charge is 2.20. The molecule has 1 aliphatic heterocycles. The summed E-state index contributed by atoms with van der Waals surface area (Å²) in [7, 11) is -3.78. The van der Waals surface area contributed by atoms with Crippen molar-refractivity contribution in [2.75, 3.05) is 11.9 Å². The number of carbonyl (C=O) groups is 1. The maximum absolute atomic E-state index is 12.3. The van der Waals surface area contributed by atoms with E-state index in [9.17, 15) is 18.5 Å². The Morgan fingerprint density at radius 3 is 2.64 bits per heavy atom. The van der Waals surface area contributed by atoms with Crippen LogP contribution in [0.15, 0.2) is 40.9 Å². The number of rotatable bonds is 5. The Morgan fingerprint density at radius 1 is 1.40 bits per heavy atom. The van der Waals surface area contributed by atoms with Gasteiger partial charge in [0, 0.05) is 24.5 Å². The molecule has 2 rings (SSSR count). The van der Waals surface area contributed by atoms with E-state index < -0.39 is 15.9 Å². The molecule has 1 aliphatic rings. The first-order valence-electron chi connectivity index (χ1n) is 8.17. The summed E-state index contributed by atoms with van der Waals surface area (Å²) in [5.41, 5.74) is 0.417. The van der Waals surface area contributed by atoms with Crippen LogP contribution in [0, 0.1) is 11.3 Å². The highest BCUT2D eigenvalue weighted by atomic mass is 32.2. The summed E-state index contributed by atoms with van der Waals surface area (Å²) in [5.74, 6) is -0.522. The molecule has 1 aromatic rings. The van der Waals surface area contributed by atoms with Crippen molar-refractivity contribution in [1.29, 1.82) is 5.26 Å². The van der Waals surface area contributed by atoms with Gasteiger partial charge in [0.1, 0.15) is 11.6 Å². The third-order valence-corrected chi connectivity index (χ3v) is 5.17. The van der Waals surface area contributed by atoms with Gasteiger partial charge in [0.15, 0.2) is 0 Å². The number of hydrogen-bond donors (Lipinski definition) is 2. The summed E-state index contributed by atoms with van der Waals surface area (Å²) in [6.45, 7) is 2.93. The van der Waals surface area contributed by atoms with Gasteiger partial charge in [-0.3, -0.25) is 4.79 Å². The summed E-state index contributed by atoms with van der Waals surface area (Å²) in [6, 6.07) is 7.76. The predicted molar refractivity (Wildman–Crippen MR) is 94.8 cm³/mol. The molecule has 1 fully saturated rings. The summed E-state index contributed by atoms with van der Waals surface area (Å²) < 4.78 is 22.5. The molecule has 1 atom stereocenters. The van der Waals surface area contributed by atoms with Gasteiger partial charge in [-0.2, -0.15) is 5.26 Å². The standard InChI is InChI=1S/C17H22N4O3S/c1-2-15-5-3-4-10-21(15)12-13(11-18)17(22)20-14-6-8-16(9-7-14)25(19,23)24/h6-9,12,15H,2-5,10H2,1H3,(H,20,22)(H2,19,23,24)/b13-12-. The van der Waals surface area contributed by atoms with Crippen LogP contribution in [0.2, 0.25) is 0 Å². The average Bonchev–Trinajstić information content (AvgIpc) is 2.59. The topological polar surface area (TPSA) is 116 Å². The molecule has 0 bridgehead atoms. The SMILES string of the molecule is CCC1CCCCN1/C=C(/C#N)C(=O)Nc1ccc(S(N)(=O)=O)cc1. The first kappa shape index (κ1) is 19.0. The van der Waals surface area contributed by atoms with E-state index >= 15 is 0 Å². The van der Waals surface area contributed by atoms with Crippen molar-refractivity contribution in [2.45, 2.75) is 43.5 Å². The van der Waals surface area contributed by atoms with Crippen LogP contribution in [-0.4, -0.2) is 31.8 Å². The van der Waals surface area contributed by atoms with E-state index in [1.165, 1.54) is 24.3 Å². The first-order chi connectivity index (χ1) is 11.8. The lowest BCUT2D eigenvalue weighted by atomic mass is 10.0. The quantitative estimate of drug-likeness (QED) is 0.613. The lowest BCUT2D eigenvalue weighted by Crippen LogP contribution is -2.35. The minimum Gasteiger partial charge on any atom is -0.373 e. The molecule has 0 spiro atoms. The number of nitrogens with zero attached hydrogens (tertiary/aromatic N) is 2. The van der Waals surface area contributed by atoms with Crippen LogP contribution in [0.25, 0.3) is 0 Å². The molecule has 1 amide bonds. The van der Waals surface area contributed by atoms with Crippen molar-refractivity contribution in [2.24, 2.45) is 5.14 Å². The fourth-order valence-electron chi connectivity index (χ4n) is 2.86. The van der Waals surface area contributed by atoms with Crippen LogP contribution in [0.1, 0.15) is 32.6 Å². The maximum atomic E-state index is 12.3. The molecule has 1 saturated heterocycles. The van der Waals surface area contributed by atoms with E-state index in [2.05, 4.69) is 17.1 Å². The Bertz CT molecular complexity index is 794. The molecule has 134 valence electrons.